The summed E-state index contributed by atoms with van der Waals surface area (Å²) < 4.78 is 13.3. The molecule has 1 aromatic heterocycles. The average molecular weight is 458 g/mol. The topological polar surface area (TPSA) is 74.0 Å². The molecule has 1 aliphatic rings. The molecule has 0 atom stereocenters. The summed E-state index contributed by atoms with van der Waals surface area (Å²) in [6.45, 7) is 0. The number of halogens is 2. The molecule has 0 saturated heterocycles. The Morgan fingerprint density at radius 1 is 0.970 bits per heavy atom. The van der Waals surface area contributed by atoms with Crippen LogP contribution < -0.4 is 10.6 Å². The number of H-pyrrole nitrogens is 1. The second-order valence-electron chi connectivity index (χ2n) is 7.56. The van der Waals surface area contributed by atoms with E-state index in [1.165, 1.54) is 12.1 Å². The van der Waals surface area contributed by atoms with Crippen LogP contribution in [0.5, 0.6) is 0 Å². The van der Waals surface area contributed by atoms with Crippen LogP contribution in [0.2, 0.25) is 5.02 Å². The molecule has 0 spiro atoms. The lowest BCUT2D eigenvalue weighted by Crippen LogP contribution is -2.11. The molecule has 0 aliphatic carbocycles. The molecule has 3 aromatic carbocycles. The number of hydrogen-bond acceptors (Lipinski definition) is 2. The SMILES string of the molecule is O=C1Nc2cc(-c3ccc(NC(=O)c4ccc(F)c(Cl)c4)cc3)ccc2/C1=C/c1ccc[nH]1. The van der Waals surface area contributed by atoms with Crippen molar-refractivity contribution >= 4 is 46.4 Å². The summed E-state index contributed by atoms with van der Waals surface area (Å²) in [5, 5.41) is 5.58. The molecule has 5 nitrogen and oxygen atoms in total. The summed E-state index contributed by atoms with van der Waals surface area (Å²) >= 11 is 5.76. The number of hydrogen-bond donors (Lipinski definition) is 3. The van der Waals surface area contributed by atoms with Crippen molar-refractivity contribution in [2.75, 3.05) is 10.6 Å². The molecule has 0 radical (unpaired) electrons. The minimum Gasteiger partial charge on any atom is -0.362 e. The quantitative estimate of drug-likeness (QED) is 0.318. The Balaban J connectivity index is 1.35. The first-order valence-electron chi connectivity index (χ1n) is 10.2. The molecule has 0 fully saturated rings. The zero-order valence-electron chi connectivity index (χ0n) is 17.2. The summed E-state index contributed by atoms with van der Waals surface area (Å²) in [7, 11) is 0. The van der Waals surface area contributed by atoms with Crippen molar-refractivity contribution in [1.29, 1.82) is 0 Å². The molecule has 0 bridgehead atoms. The first kappa shape index (κ1) is 20.7. The lowest BCUT2D eigenvalue weighted by Gasteiger charge is -2.08. The highest BCUT2D eigenvalue weighted by Gasteiger charge is 2.24. The van der Waals surface area contributed by atoms with Crippen molar-refractivity contribution in [2.45, 2.75) is 0 Å². The predicted molar refractivity (Wildman–Crippen MR) is 129 cm³/mol. The van der Waals surface area contributed by atoms with Crippen LogP contribution in [0.15, 0.2) is 79.0 Å². The van der Waals surface area contributed by atoms with Gasteiger partial charge in [0.2, 0.25) is 0 Å². The van der Waals surface area contributed by atoms with Crippen LogP contribution >= 0.6 is 11.6 Å². The van der Waals surface area contributed by atoms with E-state index in [-0.39, 0.29) is 22.4 Å². The van der Waals surface area contributed by atoms with Gasteiger partial charge >= 0.3 is 0 Å². The largest absolute Gasteiger partial charge is 0.362 e. The Labute approximate surface area is 193 Å². The van der Waals surface area contributed by atoms with E-state index >= 15 is 0 Å². The van der Waals surface area contributed by atoms with Gasteiger partial charge in [-0.3, -0.25) is 9.59 Å². The Hall–Kier alpha value is -4.16. The first-order chi connectivity index (χ1) is 16.0. The average Bonchev–Trinajstić information content (AvgIpc) is 3.44. The Kier molecular flexibility index (Phi) is 5.28. The molecule has 5 rings (SSSR count). The molecule has 0 unspecified atom stereocenters. The zero-order valence-corrected chi connectivity index (χ0v) is 17.9. The van der Waals surface area contributed by atoms with Gasteiger partial charge in [0.1, 0.15) is 5.82 Å². The minimum atomic E-state index is -0.574. The number of nitrogens with one attached hydrogen (secondary N) is 3. The third-order valence-corrected chi connectivity index (χ3v) is 5.67. The van der Waals surface area contributed by atoms with Gasteiger partial charge < -0.3 is 15.6 Å². The fourth-order valence-electron chi connectivity index (χ4n) is 3.69. The van der Waals surface area contributed by atoms with Crippen molar-refractivity contribution < 1.29 is 14.0 Å². The standard InChI is InChI=1S/C26H17ClFN3O2/c27-22-12-17(6-10-23(22)28)25(32)30-18-7-3-15(4-8-18)16-5-9-20-21(14-19-2-1-11-29-19)26(33)31-24(20)13-16/h1-14,29H,(H,30,32)(H,31,33)/b21-14-. The third-order valence-electron chi connectivity index (χ3n) is 5.38. The molecule has 7 heteroatoms. The van der Waals surface area contributed by atoms with E-state index in [0.29, 0.717) is 11.3 Å². The van der Waals surface area contributed by atoms with Crippen molar-refractivity contribution in [1.82, 2.24) is 4.98 Å². The number of benzene rings is 3. The molecule has 162 valence electrons. The second kappa shape index (κ2) is 8.41. The number of carbonyl (C=O) groups is 2. The lowest BCUT2D eigenvalue weighted by molar-refractivity contribution is -0.110. The van der Waals surface area contributed by atoms with E-state index in [0.717, 1.165) is 34.1 Å². The van der Waals surface area contributed by atoms with Gasteiger partial charge in [-0.2, -0.15) is 0 Å². The summed E-state index contributed by atoms with van der Waals surface area (Å²) in [4.78, 5) is 27.9. The summed E-state index contributed by atoms with van der Waals surface area (Å²) in [6.07, 6.45) is 3.64. The molecule has 33 heavy (non-hydrogen) atoms. The maximum atomic E-state index is 13.3. The number of rotatable bonds is 4. The van der Waals surface area contributed by atoms with E-state index in [1.54, 1.807) is 12.1 Å². The van der Waals surface area contributed by atoms with Crippen LogP contribution in [0.25, 0.3) is 22.8 Å². The second-order valence-corrected chi connectivity index (χ2v) is 7.97. The van der Waals surface area contributed by atoms with E-state index in [1.807, 2.05) is 54.7 Å². The molecule has 4 aromatic rings. The molecule has 0 saturated carbocycles. The number of aromatic nitrogens is 1. The molecule has 3 N–H and O–H groups in total. The van der Waals surface area contributed by atoms with Gasteiger partial charge in [-0.15, -0.1) is 0 Å². The Morgan fingerprint density at radius 2 is 1.76 bits per heavy atom. The molecule has 2 heterocycles. The summed E-state index contributed by atoms with van der Waals surface area (Å²) in [6, 6.07) is 20.7. The van der Waals surface area contributed by atoms with E-state index in [9.17, 15) is 14.0 Å². The van der Waals surface area contributed by atoms with Gasteiger partial charge in [-0.05, 0) is 65.7 Å². The van der Waals surface area contributed by atoms with Crippen molar-refractivity contribution in [3.63, 3.8) is 0 Å². The van der Waals surface area contributed by atoms with Gasteiger partial charge in [-0.1, -0.05) is 35.9 Å². The number of carbonyl (C=O) groups excluding carboxylic acids is 2. The summed E-state index contributed by atoms with van der Waals surface area (Å²) in [5.74, 6) is -1.10. The predicted octanol–water partition coefficient (Wildman–Crippen LogP) is 6.22. The van der Waals surface area contributed by atoms with Crippen LogP contribution in [0.4, 0.5) is 15.8 Å². The van der Waals surface area contributed by atoms with Crippen LogP contribution in [0, 0.1) is 5.82 Å². The van der Waals surface area contributed by atoms with Crippen LogP contribution in [-0.2, 0) is 4.79 Å². The Bertz CT molecular complexity index is 1410. The number of fused-ring (bicyclic) bond motifs is 1. The normalized spacial score (nSPS) is 13.6. The van der Waals surface area contributed by atoms with Gasteiger partial charge in [0.05, 0.1) is 10.6 Å². The van der Waals surface area contributed by atoms with Gasteiger partial charge in [0.15, 0.2) is 0 Å². The fraction of sp³-hybridized carbons (Fsp3) is 0. The molecular weight excluding hydrogens is 441 g/mol. The Morgan fingerprint density at radius 3 is 2.48 bits per heavy atom. The van der Waals surface area contributed by atoms with Crippen LogP contribution in [0.3, 0.4) is 0 Å². The highest BCUT2D eigenvalue weighted by Crippen LogP contribution is 2.36. The van der Waals surface area contributed by atoms with Gasteiger partial charge in [0, 0.05) is 34.4 Å². The fourth-order valence-corrected chi connectivity index (χ4v) is 3.87. The lowest BCUT2D eigenvalue weighted by atomic mass is 10.00. The van der Waals surface area contributed by atoms with Crippen molar-refractivity contribution in [3.05, 3.63) is 107 Å². The monoisotopic (exact) mass is 457 g/mol. The number of amides is 2. The highest BCUT2D eigenvalue weighted by atomic mass is 35.5. The third kappa shape index (κ3) is 4.16. The molecular formula is C26H17ClFN3O2. The van der Waals surface area contributed by atoms with Crippen molar-refractivity contribution in [3.8, 4) is 11.1 Å². The van der Waals surface area contributed by atoms with E-state index in [4.69, 9.17) is 11.6 Å². The smallest absolute Gasteiger partial charge is 0.256 e. The van der Waals surface area contributed by atoms with Crippen molar-refractivity contribution in [2.24, 2.45) is 0 Å². The zero-order chi connectivity index (χ0) is 22.9. The van der Waals surface area contributed by atoms with Crippen LogP contribution in [-0.4, -0.2) is 16.8 Å². The number of aromatic amines is 1. The van der Waals surface area contributed by atoms with Crippen LogP contribution in [0.1, 0.15) is 21.6 Å². The van der Waals surface area contributed by atoms with Gasteiger partial charge in [0.25, 0.3) is 11.8 Å². The first-order valence-corrected chi connectivity index (χ1v) is 10.5. The maximum Gasteiger partial charge on any atom is 0.256 e. The maximum absolute atomic E-state index is 13.3. The highest BCUT2D eigenvalue weighted by molar-refractivity contribution is 6.35. The number of anilines is 2. The van der Waals surface area contributed by atoms with E-state index < -0.39 is 5.82 Å². The molecule has 2 amide bonds. The van der Waals surface area contributed by atoms with E-state index in [2.05, 4.69) is 15.6 Å². The van der Waals surface area contributed by atoms with Gasteiger partial charge in [-0.25, -0.2) is 4.39 Å². The summed E-state index contributed by atoms with van der Waals surface area (Å²) in [5.41, 5.74) is 5.78. The minimum absolute atomic E-state index is 0.104. The molecule has 1 aliphatic heterocycles.